The summed E-state index contributed by atoms with van der Waals surface area (Å²) in [4.78, 5) is 21.2. The van der Waals surface area contributed by atoms with Crippen molar-refractivity contribution in [2.45, 2.75) is 18.3 Å². The summed E-state index contributed by atoms with van der Waals surface area (Å²) in [5.74, 6) is -2.70. The first-order valence-electron chi connectivity index (χ1n) is 9.49. The first kappa shape index (κ1) is 21.8. The quantitative estimate of drug-likeness (QED) is 0.636. The molecule has 0 radical (unpaired) electrons. The third-order valence-corrected chi connectivity index (χ3v) is 5.59. The second-order valence-electron chi connectivity index (χ2n) is 7.24. The summed E-state index contributed by atoms with van der Waals surface area (Å²) >= 11 is 6.21. The topological polar surface area (TPSA) is 89.9 Å². The standard InChI is InChI=1S/C18H18ClFN2.C4H4O4/c19-13-5-6-14-17(11-13)22(16-4-2-1-3-15(16)20)12-18(14)7-9-21-10-8-18;5-3(6)1-2-4(7)8/h1-6,11,21H,7-10,12H2;1-2H,(H,5,6)(H,7,8)/b;2-1-. The van der Waals surface area contributed by atoms with Gasteiger partial charge in [0.25, 0.3) is 0 Å². The SMILES string of the molecule is Fc1ccccc1N1CC2(CCNCC2)c2ccc(Cl)cc21.O=C(O)/C=C\C(=O)O. The molecule has 2 aliphatic heterocycles. The number of fused-ring (bicyclic) bond motifs is 2. The normalized spacial score (nSPS) is 16.8. The zero-order valence-corrected chi connectivity index (χ0v) is 16.9. The molecule has 0 atom stereocenters. The van der Waals surface area contributed by atoms with Crippen LogP contribution in [0.5, 0.6) is 0 Å². The van der Waals surface area contributed by atoms with Crippen LogP contribution in [0.15, 0.2) is 54.6 Å². The lowest BCUT2D eigenvalue weighted by atomic mass is 9.75. The molecule has 1 fully saturated rings. The van der Waals surface area contributed by atoms with E-state index in [1.807, 2.05) is 24.3 Å². The van der Waals surface area contributed by atoms with E-state index in [-0.39, 0.29) is 11.2 Å². The van der Waals surface area contributed by atoms with Gasteiger partial charge >= 0.3 is 11.9 Å². The molecular formula is C22H22ClFN2O4. The third-order valence-electron chi connectivity index (χ3n) is 5.36. The van der Waals surface area contributed by atoms with Crippen LogP contribution in [0, 0.1) is 5.82 Å². The molecule has 2 heterocycles. The highest BCUT2D eigenvalue weighted by atomic mass is 35.5. The summed E-state index contributed by atoms with van der Waals surface area (Å²) in [6, 6.07) is 13.0. The Morgan fingerprint density at radius 2 is 1.67 bits per heavy atom. The Morgan fingerprint density at radius 3 is 2.27 bits per heavy atom. The van der Waals surface area contributed by atoms with Gasteiger partial charge in [-0.25, -0.2) is 14.0 Å². The summed E-state index contributed by atoms with van der Waals surface area (Å²) in [7, 11) is 0. The maximum Gasteiger partial charge on any atom is 0.328 e. The second-order valence-corrected chi connectivity index (χ2v) is 7.68. The van der Waals surface area contributed by atoms with Crippen LogP contribution in [0.25, 0.3) is 0 Å². The molecule has 2 aliphatic rings. The Balaban J connectivity index is 0.000000275. The summed E-state index contributed by atoms with van der Waals surface area (Å²) in [5, 5.41) is 19.7. The van der Waals surface area contributed by atoms with Crippen molar-refractivity contribution >= 4 is 34.9 Å². The Labute approximate surface area is 178 Å². The number of benzene rings is 2. The Hall–Kier alpha value is -2.90. The number of hydrogen-bond acceptors (Lipinski definition) is 4. The molecule has 6 nitrogen and oxygen atoms in total. The number of anilines is 2. The highest BCUT2D eigenvalue weighted by Crippen LogP contribution is 2.49. The summed E-state index contributed by atoms with van der Waals surface area (Å²) in [6.07, 6.45) is 3.27. The fourth-order valence-electron chi connectivity index (χ4n) is 4.01. The van der Waals surface area contributed by atoms with Crippen molar-refractivity contribution in [2.24, 2.45) is 0 Å². The van der Waals surface area contributed by atoms with Crippen LogP contribution in [-0.4, -0.2) is 41.8 Å². The van der Waals surface area contributed by atoms with Gasteiger partial charge in [0.2, 0.25) is 0 Å². The molecular weight excluding hydrogens is 411 g/mol. The highest BCUT2D eigenvalue weighted by molar-refractivity contribution is 6.31. The van der Waals surface area contributed by atoms with Crippen LogP contribution in [0.2, 0.25) is 5.02 Å². The van der Waals surface area contributed by atoms with Gasteiger partial charge < -0.3 is 20.4 Å². The van der Waals surface area contributed by atoms with Gasteiger partial charge in [-0.3, -0.25) is 0 Å². The average Bonchev–Trinajstić information content (AvgIpc) is 3.00. The van der Waals surface area contributed by atoms with Crippen molar-refractivity contribution in [2.75, 3.05) is 24.5 Å². The van der Waals surface area contributed by atoms with Crippen molar-refractivity contribution in [1.29, 1.82) is 0 Å². The van der Waals surface area contributed by atoms with Crippen molar-refractivity contribution in [3.8, 4) is 0 Å². The fourth-order valence-corrected chi connectivity index (χ4v) is 4.18. The predicted molar refractivity (Wildman–Crippen MR) is 113 cm³/mol. The third kappa shape index (κ3) is 4.80. The molecule has 1 saturated heterocycles. The lowest BCUT2D eigenvalue weighted by Crippen LogP contribution is -2.42. The van der Waals surface area contributed by atoms with Crippen molar-refractivity contribution in [1.82, 2.24) is 5.32 Å². The number of hydrogen-bond donors (Lipinski definition) is 3. The van der Waals surface area contributed by atoms with E-state index in [1.165, 1.54) is 11.6 Å². The second kappa shape index (κ2) is 9.28. The zero-order valence-electron chi connectivity index (χ0n) is 16.1. The number of carboxylic acid groups (broad SMARTS) is 2. The highest BCUT2D eigenvalue weighted by Gasteiger charge is 2.44. The molecule has 0 aliphatic carbocycles. The van der Waals surface area contributed by atoms with Crippen molar-refractivity contribution in [3.05, 3.63) is 71.0 Å². The number of carbonyl (C=O) groups is 2. The minimum absolute atomic E-state index is 0.105. The van der Waals surface area contributed by atoms with E-state index < -0.39 is 11.9 Å². The Morgan fingerprint density at radius 1 is 1.03 bits per heavy atom. The maximum atomic E-state index is 14.3. The van der Waals surface area contributed by atoms with E-state index in [2.05, 4.69) is 16.3 Å². The van der Waals surface area contributed by atoms with Gasteiger partial charge in [0.05, 0.1) is 5.69 Å². The van der Waals surface area contributed by atoms with E-state index in [1.54, 1.807) is 6.07 Å². The van der Waals surface area contributed by atoms with Crippen LogP contribution >= 0.6 is 11.6 Å². The van der Waals surface area contributed by atoms with Crippen LogP contribution in [-0.2, 0) is 15.0 Å². The molecule has 158 valence electrons. The van der Waals surface area contributed by atoms with E-state index >= 15 is 0 Å². The molecule has 8 heteroatoms. The minimum atomic E-state index is -1.26. The van der Waals surface area contributed by atoms with Crippen LogP contribution in [0.4, 0.5) is 15.8 Å². The molecule has 0 amide bonds. The fraction of sp³-hybridized carbons (Fsp3) is 0.273. The van der Waals surface area contributed by atoms with E-state index in [9.17, 15) is 14.0 Å². The minimum Gasteiger partial charge on any atom is -0.478 e. The van der Waals surface area contributed by atoms with Gasteiger partial charge in [-0.05, 0) is 55.8 Å². The number of carboxylic acids is 2. The molecule has 0 bridgehead atoms. The van der Waals surface area contributed by atoms with Crippen molar-refractivity contribution in [3.63, 3.8) is 0 Å². The Bertz CT molecular complexity index is 957. The van der Waals surface area contributed by atoms with E-state index in [0.717, 1.165) is 38.2 Å². The number of halogens is 2. The first-order chi connectivity index (χ1) is 14.3. The molecule has 0 unspecified atom stereocenters. The molecule has 2 aromatic carbocycles. The number of rotatable bonds is 3. The molecule has 3 N–H and O–H groups in total. The van der Waals surface area contributed by atoms with Gasteiger partial charge in [0.1, 0.15) is 5.82 Å². The maximum absolute atomic E-state index is 14.3. The summed E-state index contributed by atoms with van der Waals surface area (Å²) in [5.41, 5.74) is 3.11. The lowest BCUT2D eigenvalue weighted by molar-refractivity contribution is -0.134. The molecule has 30 heavy (non-hydrogen) atoms. The number of nitrogens with one attached hydrogen (secondary N) is 1. The van der Waals surface area contributed by atoms with Gasteiger partial charge in [-0.15, -0.1) is 0 Å². The molecule has 2 aromatic rings. The van der Waals surface area contributed by atoms with E-state index in [4.69, 9.17) is 21.8 Å². The average molecular weight is 433 g/mol. The lowest BCUT2D eigenvalue weighted by Gasteiger charge is -2.35. The molecule has 4 rings (SSSR count). The number of nitrogens with zero attached hydrogens (tertiary/aromatic N) is 1. The van der Waals surface area contributed by atoms with Crippen LogP contribution in [0.3, 0.4) is 0 Å². The monoisotopic (exact) mass is 432 g/mol. The van der Waals surface area contributed by atoms with Gasteiger partial charge in [0, 0.05) is 34.8 Å². The Kier molecular flexibility index (Phi) is 6.74. The van der Waals surface area contributed by atoms with Gasteiger partial charge in [-0.1, -0.05) is 29.8 Å². The number of piperidine rings is 1. The number of aliphatic carboxylic acids is 2. The molecule has 0 saturated carbocycles. The molecule has 1 spiro atoms. The first-order valence-corrected chi connectivity index (χ1v) is 9.87. The number of para-hydroxylation sites is 1. The van der Waals surface area contributed by atoms with Crippen LogP contribution < -0.4 is 10.2 Å². The van der Waals surface area contributed by atoms with Gasteiger partial charge in [0.15, 0.2) is 0 Å². The van der Waals surface area contributed by atoms with Crippen molar-refractivity contribution < 1.29 is 24.2 Å². The zero-order chi connectivity index (χ0) is 21.7. The van der Waals surface area contributed by atoms with Gasteiger partial charge in [-0.2, -0.15) is 0 Å². The summed E-state index contributed by atoms with van der Waals surface area (Å²) in [6.45, 7) is 2.84. The summed E-state index contributed by atoms with van der Waals surface area (Å²) < 4.78 is 14.3. The van der Waals surface area contributed by atoms with Crippen LogP contribution in [0.1, 0.15) is 18.4 Å². The molecule has 0 aromatic heterocycles. The smallest absolute Gasteiger partial charge is 0.328 e. The largest absolute Gasteiger partial charge is 0.478 e. The predicted octanol–water partition coefficient (Wildman–Crippen LogP) is 3.96. The van der Waals surface area contributed by atoms with E-state index in [0.29, 0.717) is 22.9 Å².